The molecule has 12 atom stereocenters. The number of nitrogens with zero attached hydrogens (tertiary/aromatic N) is 3. The van der Waals surface area contributed by atoms with Crippen molar-refractivity contribution in [3.63, 3.8) is 0 Å². The van der Waals surface area contributed by atoms with E-state index in [2.05, 4.69) is 14.5 Å². The smallest absolute Gasteiger partial charge is 0.472 e. The first-order valence-electron chi connectivity index (χ1n) is 14.3. The van der Waals surface area contributed by atoms with Gasteiger partial charge in [-0.25, -0.2) is 9.55 Å². The number of hydrogen-bond acceptors (Lipinski definition) is 18. The lowest BCUT2D eigenvalue weighted by molar-refractivity contribution is -0.292. The van der Waals surface area contributed by atoms with Crippen LogP contribution in [-0.4, -0.2) is 143 Å². The van der Waals surface area contributed by atoms with E-state index in [-0.39, 0.29) is 12.1 Å². The van der Waals surface area contributed by atoms with Gasteiger partial charge in [-0.2, -0.15) is 0 Å². The maximum absolute atomic E-state index is 13.1. The van der Waals surface area contributed by atoms with Gasteiger partial charge in [-0.1, -0.05) is 0 Å². The minimum absolute atomic E-state index is 0.251. The van der Waals surface area contributed by atoms with Crippen LogP contribution in [0.4, 0.5) is 0 Å². The maximum atomic E-state index is 13.1. The summed E-state index contributed by atoms with van der Waals surface area (Å²) >= 11 is 0. The predicted molar refractivity (Wildman–Crippen MR) is 150 cm³/mol. The minimum atomic E-state index is -4.73. The summed E-state index contributed by atoms with van der Waals surface area (Å²) in [4.78, 5) is 27.8. The summed E-state index contributed by atoms with van der Waals surface area (Å²) in [5.41, 5.74) is -2.34. The second-order valence-electron chi connectivity index (χ2n) is 11.0. The van der Waals surface area contributed by atoms with E-state index in [4.69, 9.17) is 23.9 Å². The molecular formula is C24H40N4O17P2-2. The van der Waals surface area contributed by atoms with Crippen LogP contribution >= 0.6 is 15.4 Å². The van der Waals surface area contributed by atoms with Gasteiger partial charge in [0.1, 0.15) is 48.2 Å². The van der Waals surface area contributed by atoms with Crippen molar-refractivity contribution >= 4 is 21.3 Å². The van der Waals surface area contributed by atoms with Crippen LogP contribution in [0.2, 0.25) is 0 Å². The van der Waals surface area contributed by atoms with Crippen LogP contribution in [0.1, 0.15) is 32.9 Å². The third kappa shape index (κ3) is 10.3. The lowest BCUT2D eigenvalue weighted by atomic mass is 9.83. The fourth-order valence-corrected chi connectivity index (χ4v) is 7.12. The molecular weight excluding hydrogens is 678 g/mol. The zero-order valence-corrected chi connectivity index (χ0v) is 27.1. The molecule has 23 heteroatoms. The molecule has 47 heavy (non-hydrogen) atoms. The van der Waals surface area contributed by atoms with Crippen LogP contribution in [0.3, 0.4) is 0 Å². The van der Waals surface area contributed by atoms with Crippen molar-refractivity contribution in [2.45, 2.75) is 87.3 Å². The van der Waals surface area contributed by atoms with E-state index in [0.717, 1.165) is 23.8 Å². The van der Waals surface area contributed by atoms with E-state index in [9.17, 15) is 59.8 Å². The Balaban J connectivity index is 1.80. The molecule has 2 aliphatic rings. The number of aliphatic hydroxyl groups is 6. The van der Waals surface area contributed by atoms with E-state index < -0.39 is 127 Å². The van der Waals surface area contributed by atoms with Gasteiger partial charge in [-0.3, -0.25) is 24.0 Å². The van der Waals surface area contributed by atoms with E-state index in [1.807, 2.05) is 0 Å². The molecule has 2 saturated heterocycles. The Morgan fingerprint density at radius 1 is 1.23 bits per heavy atom. The number of nitrogens with one attached hydrogen (secondary N) is 1. The molecule has 0 amide bonds. The fourth-order valence-electron chi connectivity index (χ4n) is 5.12. The Bertz CT molecular complexity index is 1380. The summed E-state index contributed by atoms with van der Waals surface area (Å²) in [6.45, 7) is -0.461. The number of phosphoric acid groups is 1. The number of aromatic nitrogens is 2. The summed E-state index contributed by atoms with van der Waals surface area (Å²) < 4.78 is 52.5. The number of phosphoric ester groups is 1. The highest BCUT2D eigenvalue weighted by atomic mass is 31.2. The fraction of sp³-hybridized carbons (Fsp3) is 0.792. The normalized spacial score (nSPS) is 34.0. The van der Waals surface area contributed by atoms with Crippen LogP contribution < -0.4 is 15.7 Å². The molecule has 21 nitrogen and oxygen atoms in total. The molecule has 2 unspecified atom stereocenters. The maximum Gasteiger partial charge on any atom is 0.472 e. The van der Waals surface area contributed by atoms with Crippen molar-refractivity contribution in [1.29, 1.82) is 5.41 Å². The number of ether oxygens (including phenoxy) is 2. The van der Waals surface area contributed by atoms with E-state index in [1.54, 1.807) is 0 Å². The summed E-state index contributed by atoms with van der Waals surface area (Å²) in [5, 5.41) is 93.3. The Morgan fingerprint density at radius 3 is 2.51 bits per heavy atom. The number of aliphatic imine (C=N–C) groups is 1. The average Bonchev–Trinajstić information content (AvgIpc) is 3.27. The lowest BCUT2D eigenvalue weighted by Crippen LogP contribution is -2.62. The summed E-state index contributed by atoms with van der Waals surface area (Å²) in [7, 11) is -9.43. The molecule has 3 rings (SSSR count). The van der Waals surface area contributed by atoms with Gasteiger partial charge in [0.2, 0.25) is 0 Å². The SMILES string of the molecule is CCOP(=O)(O)OC[C@]1(CCP(=O)(O)OC[C@H]2O[C@@H](n3ccc(=N)nc3[O-])[C@H](O)[C@@H]2O)C[C@H](O)[C@@H](N=C(C)[O-])[C@H]([C@H](O)[C@H](O)CO)O1. The first-order valence-corrected chi connectivity index (χ1v) is 17.5. The van der Waals surface area contributed by atoms with Gasteiger partial charge >= 0.3 is 15.4 Å². The molecule has 2 aliphatic heterocycles. The summed E-state index contributed by atoms with van der Waals surface area (Å²) in [5.74, 6) is -0.792. The Labute approximate surface area is 267 Å². The molecule has 270 valence electrons. The Kier molecular flexibility index (Phi) is 13.6. The van der Waals surface area contributed by atoms with Gasteiger partial charge in [0.05, 0.1) is 50.3 Å². The summed E-state index contributed by atoms with van der Waals surface area (Å²) in [6, 6.07) is -1.33. The summed E-state index contributed by atoms with van der Waals surface area (Å²) in [6.07, 6.45) is -14.3. The number of hydrogen-bond donors (Lipinski definition) is 9. The van der Waals surface area contributed by atoms with Crippen molar-refractivity contribution in [2.75, 3.05) is 32.6 Å². The van der Waals surface area contributed by atoms with Gasteiger partial charge in [0.25, 0.3) is 0 Å². The highest BCUT2D eigenvalue weighted by molar-refractivity contribution is 7.52. The number of rotatable bonds is 16. The Morgan fingerprint density at radius 2 is 1.91 bits per heavy atom. The van der Waals surface area contributed by atoms with E-state index in [0.29, 0.717) is 0 Å². The molecule has 1 aromatic heterocycles. The van der Waals surface area contributed by atoms with Crippen molar-refractivity contribution in [3.05, 3.63) is 17.8 Å². The monoisotopic (exact) mass is 718 g/mol. The van der Waals surface area contributed by atoms with Gasteiger partial charge < -0.3 is 69.2 Å². The largest absolute Gasteiger partial charge is 0.862 e. The first kappa shape index (κ1) is 39.5. The van der Waals surface area contributed by atoms with Crippen LogP contribution in [-0.2, 0) is 32.2 Å². The molecule has 3 heterocycles. The second-order valence-corrected chi connectivity index (χ2v) is 14.5. The third-order valence-corrected chi connectivity index (χ3v) is 9.84. The number of aliphatic hydroxyl groups excluding tert-OH is 6. The third-order valence-electron chi connectivity index (χ3n) is 7.46. The average molecular weight is 719 g/mol. The van der Waals surface area contributed by atoms with Crippen LogP contribution in [0.15, 0.2) is 17.3 Å². The molecule has 1 aromatic rings. The predicted octanol–water partition coefficient (Wildman–Crippen LogP) is -4.45. The van der Waals surface area contributed by atoms with E-state index >= 15 is 0 Å². The molecule has 0 saturated carbocycles. The molecule has 2 fully saturated rings. The highest BCUT2D eigenvalue weighted by Gasteiger charge is 2.52. The second kappa shape index (κ2) is 16.2. The zero-order chi connectivity index (χ0) is 35.3. The molecule has 0 aliphatic carbocycles. The van der Waals surface area contributed by atoms with Crippen molar-refractivity contribution in [1.82, 2.24) is 9.55 Å². The van der Waals surface area contributed by atoms with Gasteiger partial charge in [0, 0.05) is 12.6 Å². The first-order chi connectivity index (χ1) is 21.8. The lowest BCUT2D eigenvalue weighted by Gasteiger charge is -2.48. The van der Waals surface area contributed by atoms with Gasteiger partial charge in [-0.15, -0.1) is 0 Å². The highest BCUT2D eigenvalue weighted by Crippen LogP contribution is 2.50. The van der Waals surface area contributed by atoms with Crippen molar-refractivity contribution in [3.8, 4) is 6.01 Å². The quantitative estimate of drug-likeness (QED) is 0.0442. The molecule has 0 radical (unpaired) electrons. The van der Waals surface area contributed by atoms with Crippen LogP contribution in [0.5, 0.6) is 6.01 Å². The molecule has 0 spiro atoms. The van der Waals surface area contributed by atoms with Crippen molar-refractivity contribution in [2.24, 2.45) is 4.99 Å². The molecule has 9 N–H and O–H groups in total. The van der Waals surface area contributed by atoms with Crippen LogP contribution in [0.25, 0.3) is 0 Å². The molecule has 0 bridgehead atoms. The topological polar surface area (TPSA) is 342 Å². The Hall–Kier alpha value is -1.91. The molecule has 0 aromatic carbocycles. The van der Waals surface area contributed by atoms with Gasteiger partial charge in [-0.05, 0) is 32.2 Å². The van der Waals surface area contributed by atoms with Crippen molar-refractivity contribution < 1.29 is 82.8 Å². The zero-order valence-electron chi connectivity index (χ0n) is 25.3. The van der Waals surface area contributed by atoms with E-state index in [1.165, 1.54) is 6.92 Å². The van der Waals surface area contributed by atoms with Crippen LogP contribution in [0, 0.1) is 5.41 Å². The minimum Gasteiger partial charge on any atom is -0.862 e. The standard InChI is InChI=1S/C24H42N4O17P2/c1-3-41-47(39,40)43-11-24(8-13(31)17(26-12(2)30)21(45-24)18(33)14(32)9-29)5-7-46(37,38)42-10-15-19(34)20(35)22(44-15)28-6-4-16(25)27-23(28)36/h4,6,13-15,17-22,29,31-35H,3,5,7-11H2,1-2H3,(H,26,30)(H,37,38)(H,39,40)(H2,25,27,36)/p-2/t13-,14+,15+,17+,18+,19+,20+,21+,22+,24-/m0/s1. The van der Waals surface area contributed by atoms with Gasteiger partial charge in [0.15, 0.2) is 6.23 Å².